The van der Waals surface area contributed by atoms with Crippen LogP contribution in [0.3, 0.4) is 0 Å². The normalized spacial score (nSPS) is 24.9. The summed E-state index contributed by atoms with van der Waals surface area (Å²) in [6, 6.07) is 8.01. The standard InChI is InChI=1S/C15H20BrNO3/c1-10-13(17(14(18)19)15(2,3)20-10)9-6-11-4-7-12(16)8-5-11/h4-5,7-8,10,13H,6,9H2,1-3H3,(H,18,19)/t10-,13+/m1/s1. The van der Waals surface area contributed by atoms with Gasteiger partial charge in [-0.1, -0.05) is 28.1 Å². The zero-order valence-corrected chi connectivity index (χ0v) is 13.6. The van der Waals surface area contributed by atoms with Crippen molar-refractivity contribution in [3.05, 3.63) is 34.3 Å². The third kappa shape index (κ3) is 3.15. The van der Waals surface area contributed by atoms with Gasteiger partial charge in [-0.05, 0) is 51.3 Å². The highest BCUT2D eigenvalue weighted by atomic mass is 79.9. The van der Waals surface area contributed by atoms with Gasteiger partial charge in [-0.2, -0.15) is 0 Å². The van der Waals surface area contributed by atoms with E-state index in [-0.39, 0.29) is 12.1 Å². The minimum Gasteiger partial charge on any atom is -0.465 e. The molecule has 1 saturated heterocycles. The summed E-state index contributed by atoms with van der Waals surface area (Å²) in [5, 5.41) is 9.41. The summed E-state index contributed by atoms with van der Waals surface area (Å²) in [6.45, 7) is 5.55. The first-order valence-electron chi connectivity index (χ1n) is 6.76. The van der Waals surface area contributed by atoms with Crippen LogP contribution in [-0.4, -0.2) is 34.0 Å². The number of carboxylic acid groups (broad SMARTS) is 1. The third-order valence-electron chi connectivity index (χ3n) is 3.78. The summed E-state index contributed by atoms with van der Waals surface area (Å²) >= 11 is 3.41. The molecule has 1 amide bonds. The van der Waals surface area contributed by atoms with Crippen LogP contribution in [-0.2, 0) is 11.2 Å². The van der Waals surface area contributed by atoms with Gasteiger partial charge >= 0.3 is 6.09 Å². The first kappa shape index (κ1) is 15.3. The van der Waals surface area contributed by atoms with E-state index in [1.54, 1.807) is 13.8 Å². The fourth-order valence-corrected chi connectivity index (χ4v) is 3.17. The van der Waals surface area contributed by atoms with Crippen molar-refractivity contribution in [2.45, 2.75) is 51.5 Å². The lowest BCUT2D eigenvalue weighted by Gasteiger charge is -2.31. The largest absolute Gasteiger partial charge is 0.465 e. The number of rotatable bonds is 3. The first-order chi connectivity index (χ1) is 9.31. The molecule has 0 spiro atoms. The SMILES string of the molecule is C[C@H]1OC(C)(C)N(C(=O)O)[C@H]1CCc1ccc(Br)cc1. The van der Waals surface area contributed by atoms with Gasteiger partial charge in [-0.15, -0.1) is 0 Å². The smallest absolute Gasteiger partial charge is 0.409 e. The fraction of sp³-hybridized carbons (Fsp3) is 0.533. The summed E-state index contributed by atoms with van der Waals surface area (Å²) < 4.78 is 6.83. The number of nitrogens with zero attached hydrogens (tertiary/aromatic N) is 1. The van der Waals surface area contributed by atoms with Crippen molar-refractivity contribution in [1.82, 2.24) is 4.90 Å². The Morgan fingerprint density at radius 1 is 1.40 bits per heavy atom. The molecule has 0 aliphatic carbocycles. The summed E-state index contributed by atoms with van der Waals surface area (Å²) in [7, 11) is 0. The molecule has 20 heavy (non-hydrogen) atoms. The highest BCUT2D eigenvalue weighted by Crippen LogP contribution is 2.34. The average molecular weight is 342 g/mol. The molecule has 5 heteroatoms. The number of halogens is 1. The highest BCUT2D eigenvalue weighted by molar-refractivity contribution is 9.10. The van der Waals surface area contributed by atoms with E-state index in [4.69, 9.17) is 4.74 Å². The molecule has 0 radical (unpaired) electrons. The predicted molar refractivity (Wildman–Crippen MR) is 80.7 cm³/mol. The predicted octanol–water partition coefficient (Wildman–Crippen LogP) is 3.89. The first-order valence-corrected chi connectivity index (χ1v) is 7.55. The van der Waals surface area contributed by atoms with Gasteiger partial charge in [-0.3, -0.25) is 4.90 Å². The van der Waals surface area contributed by atoms with E-state index in [1.807, 2.05) is 19.1 Å². The number of aryl methyl sites for hydroxylation is 1. The number of benzene rings is 1. The summed E-state index contributed by atoms with van der Waals surface area (Å²) in [5.41, 5.74) is 0.450. The van der Waals surface area contributed by atoms with E-state index in [1.165, 1.54) is 10.5 Å². The molecule has 110 valence electrons. The van der Waals surface area contributed by atoms with Crippen LogP contribution in [0.5, 0.6) is 0 Å². The zero-order valence-electron chi connectivity index (χ0n) is 12.0. The molecule has 1 fully saturated rings. The van der Waals surface area contributed by atoms with E-state index in [0.29, 0.717) is 0 Å². The van der Waals surface area contributed by atoms with Crippen LogP contribution in [0.15, 0.2) is 28.7 Å². The van der Waals surface area contributed by atoms with Crippen LogP contribution in [0.25, 0.3) is 0 Å². The minimum atomic E-state index is -0.917. The van der Waals surface area contributed by atoms with Crippen molar-refractivity contribution in [3.63, 3.8) is 0 Å². The molecule has 0 bridgehead atoms. The molecular formula is C15H20BrNO3. The number of hydrogen-bond donors (Lipinski definition) is 1. The van der Waals surface area contributed by atoms with Gasteiger partial charge in [0.2, 0.25) is 0 Å². The van der Waals surface area contributed by atoms with Crippen LogP contribution in [0.4, 0.5) is 4.79 Å². The van der Waals surface area contributed by atoms with E-state index < -0.39 is 11.8 Å². The fourth-order valence-electron chi connectivity index (χ4n) is 2.90. The molecule has 1 aliphatic heterocycles. The lowest BCUT2D eigenvalue weighted by atomic mass is 10.0. The average Bonchev–Trinajstić information content (AvgIpc) is 2.57. The van der Waals surface area contributed by atoms with Gasteiger partial charge in [0.15, 0.2) is 0 Å². The Morgan fingerprint density at radius 3 is 2.55 bits per heavy atom. The Balaban J connectivity index is 2.07. The summed E-state index contributed by atoms with van der Waals surface area (Å²) in [6.07, 6.45) is 0.598. The minimum absolute atomic E-state index is 0.0865. The molecule has 1 aromatic rings. The quantitative estimate of drug-likeness (QED) is 0.907. The third-order valence-corrected chi connectivity index (χ3v) is 4.30. The van der Waals surface area contributed by atoms with Crippen LogP contribution in [0.1, 0.15) is 32.8 Å². The van der Waals surface area contributed by atoms with Crippen molar-refractivity contribution in [2.24, 2.45) is 0 Å². The number of carbonyl (C=O) groups is 1. The molecule has 1 aliphatic rings. The second kappa shape index (κ2) is 5.74. The zero-order chi connectivity index (χ0) is 14.9. The molecular weight excluding hydrogens is 322 g/mol. The van der Waals surface area contributed by atoms with Gasteiger partial charge < -0.3 is 9.84 Å². The number of amides is 1. The van der Waals surface area contributed by atoms with Crippen molar-refractivity contribution in [2.75, 3.05) is 0 Å². The maximum absolute atomic E-state index is 11.5. The Bertz CT molecular complexity index is 486. The second-order valence-corrected chi connectivity index (χ2v) is 6.57. The van der Waals surface area contributed by atoms with Gasteiger partial charge in [-0.25, -0.2) is 4.79 Å². The number of ether oxygens (including phenoxy) is 1. The summed E-state index contributed by atoms with van der Waals surface area (Å²) in [5.74, 6) is 0. The van der Waals surface area contributed by atoms with Crippen molar-refractivity contribution in [1.29, 1.82) is 0 Å². The van der Waals surface area contributed by atoms with E-state index in [2.05, 4.69) is 28.1 Å². The van der Waals surface area contributed by atoms with Gasteiger partial charge in [0.05, 0.1) is 12.1 Å². The van der Waals surface area contributed by atoms with Gasteiger partial charge in [0, 0.05) is 4.47 Å². The molecule has 1 N–H and O–H groups in total. The molecule has 2 atom stereocenters. The Labute approximate surface area is 127 Å². The lowest BCUT2D eigenvalue weighted by Crippen LogP contribution is -2.47. The van der Waals surface area contributed by atoms with Gasteiger partial charge in [0.1, 0.15) is 5.72 Å². The molecule has 1 heterocycles. The van der Waals surface area contributed by atoms with Crippen LogP contribution >= 0.6 is 15.9 Å². The number of hydrogen-bond acceptors (Lipinski definition) is 2. The van der Waals surface area contributed by atoms with Crippen LogP contribution < -0.4 is 0 Å². The molecule has 4 nitrogen and oxygen atoms in total. The maximum Gasteiger partial charge on any atom is 0.409 e. The maximum atomic E-state index is 11.5. The Morgan fingerprint density at radius 2 is 2.00 bits per heavy atom. The molecule has 0 saturated carbocycles. The topological polar surface area (TPSA) is 49.8 Å². The van der Waals surface area contributed by atoms with E-state index in [0.717, 1.165) is 17.3 Å². The molecule has 0 unspecified atom stereocenters. The molecule has 0 aromatic heterocycles. The summed E-state index contributed by atoms with van der Waals surface area (Å²) in [4.78, 5) is 12.9. The van der Waals surface area contributed by atoms with Crippen molar-refractivity contribution < 1.29 is 14.6 Å². The Kier molecular flexibility index (Phi) is 4.39. The molecule has 2 rings (SSSR count). The Hall–Kier alpha value is -1.07. The van der Waals surface area contributed by atoms with Crippen LogP contribution in [0, 0.1) is 0 Å². The van der Waals surface area contributed by atoms with Gasteiger partial charge in [0.25, 0.3) is 0 Å². The molecule has 1 aromatic carbocycles. The highest BCUT2D eigenvalue weighted by Gasteiger charge is 2.47. The lowest BCUT2D eigenvalue weighted by molar-refractivity contribution is -0.0619. The van der Waals surface area contributed by atoms with Crippen molar-refractivity contribution in [3.8, 4) is 0 Å². The monoisotopic (exact) mass is 341 g/mol. The van der Waals surface area contributed by atoms with Crippen molar-refractivity contribution >= 4 is 22.0 Å². The second-order valence-electron chi connectivity index (χ2n) is 5.65. The van der Waals surface area contributed by atoms with Crippen LogP contribution in [0.2, 0.25) is 0 Å². The van der Waals surface area contributed by atoms with E-state index >= 15 is 0 Å². The van der Waals surface area contributed by atoms with E-state index in [9.17, 15) is 9.90 Å².